The number of hydrogen-bond donors (Lipinski definition) is 2. The predicted molar refractivity (Wildman–Crippen MR) is 100 cm³/mol. The van der Waals surface area contributed by atoms with Gasteiger partial charge in [-0.3, -0.25) is 4.79 Å². The van der Waals surface area contributed by atoms with Crippen LogP contribution in [-0.2, 0) is 21.9 Å². The van der Waals surface area contributed by atoms with Gasteiger partial charge in [-0.2, -0.15) is 0 Å². The van der Waals surface area contributed by atoms with E-state index >= 15 is 0 Å². The van der Waals surface area contributed by atoms with Crippen molar-refractivity contribution in [2.45, 2.75) is 39.5 Å². The number of rotatable bonds is 6. The summed E-state index contributed by atoms with van der Waals surface area (Å²) in [6, 6.07) is 12.7. The normalized spacial score (nSPS) is 10.5. The van der Waals surface area contributed by atoms with Crippen LogP contribution in [0.25, 0.3) is 10.8 Å². The zero-order valence-electron chi connectivity index (χ0n) is 14.7. The van der Waals surface area contributed by atoms with Gasteiger partial charge in [-0.25, -0.2) is 4.79 Å². The standard InChI is InChI=1S/C11H8O2.C8H16O2.Fe.Pb.2H/c12-11(13)10-7-3-5-8-4-1-2-6-9(8)10;1-3-5-6-7(4-2)8(9)10;;;;/h1-7H,(H,12,13);7H,3-6H2,1-2H3,(H,9,10);;;;. The summed E-state index contributed by atoms with van der Waals surface area (Å²) in [5, 5.41) is 19.2. The molecule has 0 fully saturated rings. The first-order valence-electron chi connectivity index (χ1n) is 7.95. The molecule has 0 saturated heterocycles. The van der Waals surface area contributed by atoms with Gasteiger partial charge in [0.15, 0.2) is 0 Å². The SMILES string of the molecule is CCCCC(CC)C(=O)O.O=C(O)c1cccc2ccccc12.[Fe].[PbH2]. The van der Waals surface area contributed by atoms with Gasteiger partial charge < -0.3 is 10.2 Å². The van der Waals surface area contributed by atoms with Gasteiger partial charge in [0, 0.05) is 17.1 Å². The van der Waals surface area contributed by atoms with Crippen molar-refractivity contribution in [2.75, 3.05) is 0 Å². The molecular weight excluding hydrogens is 555 g/mol. The van der Waals surface area contributed by atoms with Gasteiger partial charge in [0.2, 0.25) is 0 Å². The molecule has 2 rings (SSSR count). The number of unbranched alkanes of at least 4 members (excludes halogenated alkanes) is 1. The molecule has 0 heterocycles. The molecule has 1 unspecified atom stereocenters. The second-order valence-corrected chi connectivity index (χ2v) is 5.42. The summed E-state index contributed by atoms with van der Waals surface area (Å²) in [5.74, 6) is -1.63. The first-order valence-corrected chi connectivity index (χ1v) is 7.95. The number of fused-ring (bicyclic) bond motifs is 1. The molecule has 2 radical (unpaired) electrons. The quantitative estimate of drug-likeness (QED) is 0.508. The summed E-state index contributed by atoms with van der Waals surface area (Å²) in [4.78, 5) is 21.3. The summed E-state index contributed by atoms with van der Waals surface area (Å²) < 4.78 is 0. The van der Waals surface area contributed by atoms with Crippen LogP contribution < -0.4 is 0 Å². The second kappa shape index (κ2) is 14.3. The van der Waals surface area contributed by atoms with Crippen LogP contribution in [0, 0.1) is 5.92 Å². The van der Waals surface area contributed by atoms with Crippen LogP contribution >= 0.6 is 0 Å². The molecule has 0 spiro atoms. The fourth-order valence-electron chi connectivity index (χ4n) is 2.36. The molecule has 2 aromatic rings. The number of hydrogen-bond acceptors (Lipinski definition) is 2. The third-order valence-corrected chi connectivity index (χ3v) is 3.77. The molecule has 1 atom stereocenters. The van der Waals surface area contributed by atoms with Gasteiger partial charge in [-0.15, -0.1) is 0 Å². The maximum absolute atomic E-state index is 10.8. The summed E-state index contributed by atoms with van der Waals surface area (Å²) >= 11 is 0. The van der Waals surface area contributed by atoms with E-state index in [4.69, 9.17) is 10.2 Å². The van der Waals surface area contributed by atoms with Crippen molar-refractivity contribution in [1.82, 2.24) is 0 Å². The third kappa shape index (κ3) is 8.83. The Morgan fingerprint density at radius 1 is 1.00 bits per heavy atom. The van der Waals surface area contributed by atoms with Gasteiger partial charge in [0.25, 0.3) is 0 Å². The van der Waals surface area contributed by atoms with Crippen LogP contribution in [0.5, 0.6) is 0 Å². The molecule has 25 heavy (non-hydrogen) atoms. The summed E-state index contributed by atoms with van der Waals surface area (Å²) in [6.45, 7) is 4.00. The molecule has 0 bridgehead atoms. The van der Waals surface area contributed by atoms with Crippen LogP contribution in [0.3, 0.4) is 0 Å². The maximum atomic E-state index is 10.8. The van der Waals surface area contributed by atoms with Crippen LogP contribution in [-0.4, -0.2) is 49.5 Å². The van der Waals surface area contributed by atoms with Crippen molar-refractivity contribution in [3.05, 3.63) is 48.0 Å². The Labute approximate surface area is 179 Å². The zero-order valence-corrected chi connectivity index (χ0v) is 21.3. The Bertz CT molecular complexity index is 655. The number of carboxylic acids is 2. The molecule has 0 aliphatic heterocycles. The predicted octanol–water partition coefficient (Wildman–Crippen LogP) is 3.91. The van der Waals surface area contributed by atoms with Crippen molar-refractivity contribution >= 4 is 50.0 Å². The first-order chi connectivity index (χ1) is 11.0. The molecule has 4 nitrogen and oxygen atoms in total. The van der Waals surface area contributed by atoms with E-state index in [1.807, 2.05) is 37.3 Å². The minimum absolute atomic E-state index is 0. The Hall–Kier alpha value is -0.918. The van der Waals surface area contributed by atoms with E-state index in [9.17, 15) is 9.59 Å². The number of benzene rings is 2. The average Bonchev–Trinajstić information content (AvgIpc) is 2.55. The Morgan fingerprint density at radius 2 is 1.60 bits per heavy atom. The zero-order chi connectivity index (χ0) is 17.2. The molecule has 138 valence electrons. The van der Waals surface area contributed by atoms with Crippen LogP contribution in [0.4, 0.5) is 0 Å². The number of aliphatic carboxylic acids is 1. The fourth-order valence-corrected chi connectivity index (χ4v) is 2.36. The number of aromatic carboxylic acids is 1. The van der Waals surface area contributed by atoms with E-state index in [0.29, 0.717) is 5.56 Å². The van der Waals surface area contributed by atoms with Gasteiger partial charge in [0.05, 0.1) is 11.5 Å². The van der Waals surface area contributed by atoms with Gasteiger partial charge in [-0.1, -0.05) is 63.1 Å². The van der Waals surface area contributed by atoms with Gasteiger partial charge in [-0.05, 0) is 29.7 Å². The van der Waals surface area contributed by atoms with Crippen molar-refractivity contribution in [3.8, 4) is 0 Å². The van der Waals surface area contributed by atoms with Gasteiger partial charge in [0.1, 0.15) is 0 Å². The minimum atomic E-state index is -0.878. The van der Waals surface area contributed by atoms with Crippen LogP contribution in [0.2, 0.25) is 0 Å². The van der Waals surface area contributed by atoms with E-state index in [-0.39, 0.29) is 50.3 Å². The molecule has 2 N–H and O–H groups in total. The number of carbonyl (C=O) groups is 2. The molecular formula is C19H26FeO4Pb. The van der Waals surface area contributed by atoms with Crippen molar-refractivity contribution in [3.63, 3.8) is 0 Å². The monoisotopic (exact) mass is 582 g/mol. The third-order valence-electron chi connectivity index (χ3n) is 3.77. The van der Waals surface area contributed by atoms with Crippen molar-refractivity contribution in [2.24, 2.45) is 5.92 Å². The Morgan fingerprint density at radius 3 is 2.12 bits per heavy atom. The molecule has 0 amide bonds. The van der Waals surface area contributed by atoms with Crippen molar-refractivity contribution < 1.29 is 36.9 Å². The molecule has 0 aliphatic rings. The Balaban J connectivity index is 0. The van der Waals surface area contributed by atoms with Crippen molar-refractivity contribution in [1.29, 1.82) is 0 Å². The van der Waals surface area contributed by atoms with E-state index in [0.717, 1.165) is 36.5 Å². The van der Waals surface area contributed by atoms with Crippen LogP contribution in [0.15, 0.2) is 42.5 Å². The molecule has 6 heteroatoms. The first kappa shape index (κ1) is 26.3. The number of carboxylic acid groups (broad SMARTS) is 2. The molecule has 0 aliphatic carbocycles. The van der Waals surface area contributed by atoms with E-state index in [1.165, 1.54) is 0 Å². The second-order valence-electron chi connectivity index (χ2n) is 5.42. The average molecular weight is 581 g/mol. The summed E-state index contributed by atoms with van der Waals surface area (Å²) in [7, 11) is 0. The van der Waals surface area contributed by atoms with E-state index in [1.54, 1.807) is 12.1 Å². The molecule has 2 aromatic carbocycles. The van der Waals surface area contributed by atoms with Crippen LogP contribution in [0.1, 0.15) is 49.9 Å². The summed E-state index contributed by atoms with van der Waals surface area (Å²) in [6.07, 6.45) is 3.71. The van der Waals surface area contributed by atoms with E-state index < -0.39 is 11.9 Å². The van der Waals surface area contributed by atoms with Gasteiger partial charge >= 0.3 is 39.2 Å². The van der Waals surface area contributed by atoms with E-state index in [2.05, 4.69) is 6.92 Å². The molecule has 0 saturated carbocycles. The Kier molecular flexibility index (Phi) is 15.0. The topological polar surface area (TPSA) is 74.6 Å². The summed E-state index contributed by atoms with van der Waals surface area (Å²) in [5.41, 5.74) is 0.359. The molecule has 0 aromatic heterocycles. The fraction of sp³-hybridized carbons (Fsp3) is 0.368.